The number of hydrogen-bond donors (Lipinski definition) is 1. The smallest absolute Gasteiger partial charge is 0.252 e. The molecule has 1 aromatic rings. The highest BCUT2D eigenvalue weighted by Crippen LogP contribution is 2.26. The number of hydrogen-bond acceptors (Lipinski definition) is 3. The van der Waals surface area contributed by atoms with Crippen molar-refractivity contribution in [2.45, 2.75) is 47.6 Å². The Hall–Kier alpha value is -1.16. The molecule has 0 amide bonds. The van der Waals surface area contributed by atoms with Crippen LogP contribution in [0.5, 0.6) is 0 Å². The maximum absolute atomic E-state index is 12.2. The summed E-state index contributed by atoms with van der Waals surface area (Å²) in [7, 11) is 0. The number of rotatable bonds is 2. The molecule has 0 radical (unpaired) electrons. The van der Waals surface area contributed by atoms with E-state index in [0.29, 0.717) is 0 Å². The molecule has 0 saturated carbocycles. The van der Waals surface area contributed by atoms with Crippen LogP contribution in [0.2, 0.25) is 0 Å². The summed E-state index contributed by atoms with van der Waals surface area (Å²) in [4.78, 5) is 12.2. The fourth-order valence-electron chi connectivity index (χ4n) is 1.93. The number of aliphatic hydroxyl groups excluding tert-OH is 1. The van der Waals surface area contributed by atoms with Gasteiger partial charge in [-0.2, -0.15) is 5.10 Å². The lowest BCUT2D eigenvalue weighted by Crippen LogP contribution is -2.39. The van der Waals surface area contributed by atoms with Gasteiger partial charge >= 0.3 is 0 Å². The van der Waals surface area contributed by atoms with Gasteiger partial charge in [0, 0.05) is 5.69 Å². The summed E-state index contributed by atoms with van der Waals surface area (Å²) in [6, 6.07) is 1.86. The Balaban J connectivity index is 2.95. The van der Waals surface area contributed by atoms with E-state index in [-0.39, 0.29) is 11.3 Å². The highest BCUT2D eigenvalue weighted by atomic mass is 16.3. The molecule has 0 unspecified atom stereocenters. The van der Waals surface area contributed by atoms with Gasteiger partial charge in [-0.3, -0.25) is 4.79 Å². The molecule has 1 rings (SSSR count). The molecule has 0 aromatic carbocycles. The maximum atomic E-state index is 12.2. The third-order valence-corrected chi connectivity index (χ3v) is 2.97. The Bertz CT molecular complexity index is 416. The highest BCUT2D eigenvalue weighted by molar-refractivity contribution is 5.81. The van der Waals surface area contributed by atoms with Crippen LogP contribution in [0, 0.1) is 25.2 Å². The quantitative estimate of drug-likeness (QED) is 0.859. The fraction of sp³-hybridized carbons (Fsp3) is 0.692. The van der Waals surface area contributed by atoms with Gasteiger partial charge in [0.15, 0.2) is 0 Å². The van der Waals surface area contributed by atoms with E-state index in [2.05, 4.69) is 5.10 Å². The molecule has 4 nitrogen and oxygen atoms in total. The maximum Gasteiger partial charge on any atom is 0.252 e. The van der Waals surface area contributed by atoms with Gasteiger partial charge in [-0.15, -0.1) is 0 Å². The van der Waals surface area contributed by atoms with Gasteiger partial charge in [0.05, 0.1) is 17.7 Å². The molecule has 0 aliphatic carbocycles. The van der Waals surface area contributed by atoms with E-state index in [1.807, 2.05) is 40.7 Å². The summed E-state index contributed by atoms with van der Waals surface area (Å²) < 4.78 is 1.38. The molecule has 0 fully saturated rings. The van der Waals surface area contributed by atoms with Crippen molar-refractivity contribution in [1.82, 2.24) is 9.78 Å². The molecule has 1 heterocycles. The lowest BCUT2D eigenvalue weighted by Gasteiger charge is -2.30. The SMILES string of the molecule is Cc1cc(C)n(C(=O)[C@@H](C)[C@H](O)C(C)(C)C)n1. The van der Waals surface area contributed by atoms with Crippen LogP contribution < -0.4 is 0 Å². The average Bonchev–Trinajstić information content (AvgIpc) is 2.53. The second-order valence-electron chi connectivity index (χ2n) is 5.78. The molecule has 1 N–H and O–H groups in total. The zero-order valence-corrected chi connectivity index (χ0v) is 11.5. The second kappa shape index (κ2) is 4.61. The molecule has 0 bridgehead atoms. The van der Waals surface area contributed by atoms with Crippen molar-refractivity contribution in [2.75, 3.05) is 0 Å². The third kappa shape index (κ3) is 2.94. The summed E-state index contributed by atoms with van der Waals surface area (Å²) in [5, 5.41) is 14.3. The van der Waals surface area contributed by atoms with Crippen molar-refractivity contribution in [2.24, 2.45) is 11.3 Å². The average molecular weight is 238 g/mol. The summed E-state index contributed by atoms with van der Waals surface area (Å²) in [5.41, 5.74) is 1.30. The van der Waals surface area contributed by atoms with Gasteiger partial charge in [0.25, 0.3) is 5.91 Å². The summed E-state index contributed by atoms with van der Waals surface area (Å²) >= 11 is 0. The van der Waals surface area contributed by atoms with E-state index in [0.717, 1.165) is 11.4 Å². The van der Waals surface area contributed by atoms with Gasteiger partial charge in [0.2, 0.25) is 0 Å². The first-order valence-corrected chi connectivity index (χ1v) is 5.90. The van der Waals surface area contributed by atoms with Crippen LogP contribution in [0.3, 0.4) is 0 Å². The first kappa shape index (κ1) is 13.9. The van der Waals surface area contributed by atoms with Crippen LogP contribution in [0.15, 0.2) is 6.07 Å². The first-order chi connectivity index (χ1) is 7.64. The van der Waals surface area contributed by atoms with Crippen LogP contribution in [0.4, 0.5) is 0 Å². The Kier molecular flexibility index (Phi) is 3.77. The van der Waals surface area contributed by atoms with Crippen LogP contribution in [0.1, 0.15) is 43.9 Å². The van der Waals surface area contributed by atoms with Crippen molar-refractivity contribution in [3.05, 3.63) is 17.5 Å². The molecule has 1 aromatic heterocycles. The summed E-state index contributed by atoms with van der Waals surface area (Å²) in [6.45, 7) is 11.2. The minimum atomic E-state index is -0.682. The van der Waals surface area contributed by atoms with Crippen molar-refractivity contribution >= 4 is 5.91 Å². The Morgan fingerprint density at radius 1 is 1.41 bits per heavy atom. The number of aryl methyl sites for hydroxylation is 2. The molecule has 0 aliphatic heterocycles. The van der Waals surface area contributed by atoms with Crippen molar-refractivity contribution in [3.63, 3.8) is 0 Å². The highest BCUT2D eigenvalue weighted by Gasteiger charge is 2.33. The van der Waals surface area contributed by atoms with Crippen LogP contribution >= 0.6 is 0 Å². The third-order valence-electron chi connectivity index (χ3n) is 2.97. The molecule has 96 valence electrons. The van der Waals surface area contributed by atoms with Crippen LogP contribution in [-0.4, -0.2) is 26.9 Å². The Morgan fingerprint density at radius 2 is 1.94 bits per heavy atom. The number of aliphatic hydroxyl groups is 1. The predicted molar refractivity (Wildman–Crippen MR) is 67.0 cm³/mol. The summed E-state index contributed by atoms with van der Waals surface area (Å²) in [6.07, 6.45) is -0.682. The zero-order chi connectivity index (χ0) is 13.4. The first-order valence-electron chi connectivity index (χ1n) is 5.90. The minimum absolute atomic E-state index is 0.155. The lowest BCUT2D eigenvalue weighted by molar-refractivity contribution is 0.0142. The second-order valence-corrected chi connectivity index (χ2v) is 5.78. The Labute approximate surface area is 103 Å². The molecule has 4 heteroatoms. The molecule has 0 aliphatic rings. The van der Waals surface area contributed by atoms with E-state index >= 15 is 0 Å². The standard InChI is InChI=1S/C13H22N2O2/c1-8-7-9(2)15(14-8)12(17)10(3)11(16)13(4,5)6/h7,10-11,16H,1-6H3/t10-,11-/m0/s1. The largest absolute Gasteiger partial charge is 0.392 e. The minimum Gasteiger partial charge on any atom is -0.392 e. The van der Waals surface area contributed by atoms with Crippen molar-refractivity contribution in [3.8, 4) is 0 Å². The van der Waals surface area contributed by atoms with Gasteiger partial charge in [0.1, 0.15) is 0 Å². The predicted octanol–water partition coefficient (Wildman–Crippen LogP) is 2.18. The van der Waals surface area contributed by atoms with Crippen LogP contribution in [-0.2, 0) is 0 Å². The van der Waals surface area contributed by atoms with Gasteiger partial charge < -0.3 is 5.11 Å². The van der Waals surface area contributed by atoms with Gasteiger partial charge in [-0.05, 0) is 25.3 Å². The van der Waals surface area contributed by atoms with E-state index < -0.39 is 12.0 Å². The molecule has 17 heavy (non-hydrogen) atoms. The normalized spacial score (nSPS) is 15.7. The van der Waals surface area contributed by atoms with Gasteiger partial charge in [-0.25, -0.2) is 4.68 Å². The number of carbonyl (C=O) groups excluding carboxylic acids is 1. The monoisotopic (exact) mass is 238 g/mol. The Morgan fingerprint density at radius 3 is 2.29 bits per heavy atom. The molecular formula is C13H22N2O2. The molecule has 0 saturated heterocycles. The fourth-order valence-corrected chi connectivity index (χ4v) is 1.93. The van der Waals surface area contributed by atoms with E-state index in [1.165, 1.54) is 4.68 Å². The van der Waals surface area contributed by atoms with Gasteiger partial charge in [-0.1, -0.05) is 27.7 Å². The van der Waals surface area contributed by atoms with E-state index in [9.17, 15) is 9.90 Å². The van der Waals surface area contributed by atoms with E-state index in [1.54, 1.807) is 6.92 Å². The van der Waals surface area contributed by atoms with Crippen molar-refractivity contribution in [1.29, 1.82) is 0 Å². The molecule has 0 spiro atoms. The number of nitrogens with zero attached hydrogens (tertiary/aromatic N) is 2. The zero-order valence-electron chi connectivity index (χ0n) is 11.5. The lowest BCUT2D eigenvalue weighted by atomic mass is 9.81. The van der Waals surface area contributed by atoms with Crippen LogP contribution in [0.25, 0.3) is 0 Å². The summed E-state index contributed by atoms with van der Waals surface area (Å²) in [5.74, 6) is -0.619. The molecule has 2 atom stereocenters. The number of carbonyl (C=O) groups is 1. The van der Waals surface area contributed by atoms with Crippen molar-refractivity contribution < 1.29 is 9.90 Å². The van der Waals surface area contributed by atoms with E-state index in [4.69, 9.17) is 0 Å². The topological polar surface area (TPSA) is 55.1 Å². The number of aromatic nitrogens is 2. The molecular weight excluding hydrogens is 216 g/mol.